The Balaban J connectivity index is 2.51. The molecule has 1 N–H and O–H groups in total. The van der Waals surface area contributed by atoms with E-state index in [9.17, 15) is 4.79 Å². The van der Waals surface area contributed by atoms with Gasteiger partial charge >= 0.3 is 0 Å². The molecule has 0 saturated carbocycles. The van der Waals surface area contributed by atoms with Gasteiger partial charge in [0.2, 0.25) is 0 Å². The maximum atomic E-state index is 12.0. The average molecular weight is 322 g/mol. The van der Waals surface area contributed by atoms with E-state index in [2.05, 4.69) is 39.9 Å². The Hall–Kier alpha value is -1.13. The van der Waals surface area contributed by atoms with Gasteiger partial charge in [0.05, 0.1) is 0 Å². The summed E-state index contributed by atoms with van der Waals surface area (Å²) in [7, 11) is -1.75. The molecule has 0 aliphatic rings. The quantitative estimate of drug-likeness (QED) is 0.533. The first-order valence-corrected chi connectivity index (χ1v) is 10.7. The summed E-state index contributed by atoms with van der Waals surface area (Å²) in [5.41, 5.74) is 1.91. The highest BCUT2D eigenvalue weighted by Gasteiger charge is 2.40. The van der Waals surface area contributed by atoms with Gasteiger partial charge in [-0.05, 0) is 42.6 Å². The van der Waals surface area contributed by atoms with E-state index in [-0.39, 0.29) is 5.91 Å². The van der Waals surface area contributed by atoms with Crippen molar-refractivity contribution in [3.63, 3.8) is 0 Å². The monoisotopic (exact) mass is 321 g/mol. The summed E-state index contributed by atoms with van der Waals surface area (Å²) in [6.45, 7) is 12.7. The predicted molar refractivity (Wildman–Crippen MR) is 95.8 cm³/mol. The van der Waals surface area contributed by atoms with Gasteiger partial charge in [-0.25, -0.2) is 0 Å². The van der Waals surface area contributed by atoms with E-state index in [1.54, 1.807) is 0 Å². The molecule has 0 saturated heterocycles. The molecule has 22 heavy (non-hydrogen) atoms. The van der Waals surface area contributed by atoms with Crippen LogP contribution in [-0.4, -0.2) is 27.4 Å². The lowest BCUT2D eigenvalue weighted by molar-refractivity contribution is 0.0953. The lowest BCUT2D eigenvalue weighted by atomic mass is 10.2. The second-order valence-electron chi connectivity index (χ2n) is 6.42. The molecule has 0 aliphatic carbocycles. The third-order valence-electron chi connectivity index (χ3n) is 4.43. The number of rotatable bonds is 9. The smallest absolute Gasteiger partial charge is 0.251 e. The van der Waals surface area contributed by atoms with Gasteiger partial charge in [-0.1, -0.05) is 45.9 Å². The minimum atomic E-state index is -1.75. The average Bonchev–Trinajstić information content (AvgIpc) is 2.50. The van der Waals surface area contributed by atoms with Crippen LogP contribution < -0.4 is 5.32 Å². The molecule has 0 unspecified atom stereocenters. The van der Waals surface area contributed by atoms with Gasteiger partial charge in [-0.3, -0.25) is 4.79 Å². The fourth-order valence-electron chi connectivity index (χ4n) is 3.18. The number of carbonyl (C=O) groups is 1. The van der Waals surface area contributed by atoms with Crippen molar-refractivity contribution in [2.24, 2.45) is 0 Å². The molecule has 0 spiro atoms. The number of carbonyl (C=O) groups excluding carboxylic acids is 1. The zero-order chi connectivity index (χ0) is 16.6. The number of hydrogen-bond donors (Lipinski definition) is 1. The maximum absolute atomic E-state index is 12.0. The summed E-state index contributed by atoms with van der Waals surface area (Å²) in [4.78, 5) is 12.0. The number of benzene rings is 1. The zero-order valence-corrected chi connectivity index (χ0v) is 15.7. The van der Waals surface area contributed by atoms with E-state index in [1.165, 1.54) is 0 Å². The fraction of sp³-hybridized carbons (Fsp3) is 0.611. The minimum Gasteiger partial charge on any atom is -0.417 e. The second-order valence-corrected chi connectivity index (χ2v) is 11.4. The van der Waals surface area contributed by atoms with Crippen LogP contribution in [0.5, 0.6) is 0 Å². The molecule has 124 valence electrons. The highest BCUT2D eigenvalue weighted by Crippen LogP contribution is 2.37. The molecule has 0 aromatic heterocycles. The Bertz CT molecular complexity index is 438. The van der Waals surface area contributed by atoms with E-state index < -0.39 is 8.32 Å². The summed E-state index contributed by atoms with van der Waals surface area (Å²) in [5, 5.41) is 3.02. The molecule has 0 atom stereocenters. The molecule has 0 bridgehead atoms. The fourth-order valence-corrected chi connectivity index (χ4v) is 7.74. The molecule has 1 amide bonds. The van der Waals surface area contributed by atoms with E-state index in [0.717, 1.165) is 31.2 Å². The standard InChI is InChI=1S/C18H31NO2Si/c1-6-21-22(15(2)3,16(4)5)14-10-13-19-18(20)17-11-8-7-9-12-17/h7-9,11-12,15-16H,6,10,13-14H2,1-5H3,(H,19,20). The molecule has 4 heteroatoms. The molecular weight excluding hydrogens is 290 g/mol. The van der Waals surface area contributed by atoms with Crippen LogP contribution in [0.3, 0.4) is 0 Å². The first kappa shape index (κ1) is 18.9. The Kier molecular flexibility index (Phi) is 7.83. The van der Waals surface area contributed by atoms with Crippen molar-refractivity contribution in [1.29, 1.82) is 0 Å². The largest absolute Gasteiger partial charge is 0.417 e. The molecular formula is C18H31NO2Si. The van der Waals surface area contributed by atoms with E-state index in [4.69, 9.17) is 4.43 Å². The van der Waals surface area contributed by atoms with Gasteiger partial charge in [-0.15, -0.1) is 0 Å². The van der Waals surface area contributed by atoms with E-state index >= 15 is 0 Å². The van der Waals surface area contributed by atoms with Crippen molar-refractivity contribution in [3.05, 3.63) is 35.9 Å². The number of nitrogens with one attached hydrogen (secondary N) is 1. The van der Waals surface area contributed by atoms with Crippen molar-refractivity contribution >= 4 is 14.2 Å². The van der Waals surface area contributed by atoms with Crippen LogP contribution in [-0.2, 0) is 4.43 Å². The SMILES string of the molecule is CCO[Si](CCCNC(=O)c1ccccc1)(C(C)C)C(C)C. The molecule has 0 heterocycles. The zero-order valence-electron chi connectivity index (χ0n) is 14.7. The summed E-state index contributed by atoms with van der Waals surface area (Å²) >= 11 is 0. The molecule has 0 radical (unpaired) electrons. The molecule has 0 fully saturated rings. The second kappa shape index (κ2) is 9.11. The van der Waals surface area contributed by atoms with E-state index in [1.807, 2.05) is 30.3 Å². The van der Waals surface area contributed by atoms with Gasteiger partial charge in [0.1, 0.15) is 0 Å². The molecule has 1 aromatic carbocycles. The van der Waals surface area contributed by atoms with Crippen molar-refractivity contribution in [3.8, 4) is 0 Å². The normalized spacial score (nSPS) is 12.0. The molecule has 1 rings (SSSR count). The van der Waals surface area contributed by atoms with Gasteiger partial charge in [0.15, 0.2) is 8.32 Å². The summed E-state index contributed by atoms with van der Waals surface area (Å²) < 4.78 is 6.27. The third-order valence-corrected chi connectivity index (χ3v) is 10.3. The van der Waals surface area contributed by atoms with Crippen LogP contribution in [0.2, 0.25) is 17.1 Å². The van der Waals surface area contributed by atoms with Crippen LogP contribution in [0, 0.1) is 0 Å². The summed E-state index contributed by atoms with van der Waals surface area (Å²) in [6, 6.07) is 10.5. The maximum Gasteiger partial charge on any atom is 0.251 e. The third kappa shape index (κ3) is 4.95. The highest BCUT2D eigenvalue weighted by molar-refractivity contribution is 6.76. The Morgan fingerprint density at radius 3 is 2.23 bits per heavy atom. The molecule has 3 nitrogen and oxygen atoms in total. The first-order valence-electron chi connectivity index (χ1n) is 8.41. The Morgan fingerprint density at radius 2 is 1.73 bits per heavy atom. The summed E-state index contributed by atoms with van der Waals surface area (Å²) in [6.07, 6.45) is 0.987. The highest BCUT2D eigenvalue weighted by atomic mass is 28.4. The van der Waals surface area contributed by atoms with Gasteiger partial charge < -0.3 is 9.74 Å². The van der Waals surface area contributed by atoms with Crippen LogP contribution in [0.4, 0.5) is 0 Å². The number of hydrogen-bond acceptors (Lipinski definition) is 2. The number of amides is 1. The van der Waals surface area contributed by atoms with Crippen molar-refractivity contribution in [1.82, 2.24) is 5.32 Å². The van der Waals surface area contributed by atoms with Crippen LogP contribution in [0.25, 0.3) is 0 Å². The Morgan fingerprint density at radius 1 is 1.14 bits per heavy atom. The van der Waals surface area contributed by atoms with Gasteiger partial charge in [0, 0.05) is 18.7 Å². The topological polar surface area (TPSA) is 38.3 Å². The van der Waals surface area contributed by atoms with Crippen LogP contribution in [0.1, 0.15) is 51.4 Å². The summed E-state index contributed by atoms with van der Waals surface area (Å²) in [5.74, 6) is 0.0124. The molecule has 0 aliphatic heterocycles. The van der Waals surface area contributed by atoms with Crippen LogP contribution in [0.15, 0.2) is 30.3 Å². The lowest BCUT2D eigenvalue weighted by Crippen LogP contribution is -2.45. The Labute approximate surface area is 136 Å². The van der Waals surface area contributed by atoms with Gasteiger partial charge in [0.25, 0.3) is 5.91 Å². The molecule has 1 aromatic rings. The van der Waals surface area contributed by atoms with Crippen molar-refractivity contribution in [2.45, 2.75) is 58.2 Å². The lowest BCUT2D eigenvalue weighted by Gasteiger charge is -2.38. The minimum absolute atomic E-state index is 0.0124. The first-order chi connectivity index (χ1) is 10.4. The van der Waals surface area contributed by atoms with Crippen molar-refractivity contribution in [2.75, 3.05) is 13.2 Å². The predicted octanol–water partition coefficient (Wildman–Crippen LogP) is 4.61. The van der Waals surface area contributed by atoms with Gasteiger partial charge in [-0.2, -0.15) is 0 Å². The van der Waals surface area contributed by atoms with Crippen molar-refractivity contribution < 1.29 is 9.22 Å². The van der Waals surface area contributed by atoms with Crippen LogP contribution >= 0.6 is 0 Å². The van der Waals surface area contributed by atoms with E-state index in [0.29, 0.717) is 11.1 Å².